The summed E-state index contributed by atoms with van der Waals surface area (Å²) in [5.41, 5.74) is 0. The zero-order valence-corrected chi connectivity index (χ0v) is 15.4. The van der Waals surface area contributed by atoms with E-state index in [1.54, 1.807) is 6.08 Å². The highest BCUT2D eigenvalue weighted by Crippen LogP contribution is 2.32. The molecule has 0 radical (unpaired) electrons. The molecule has 0 aromatic heterocycles. The van der Waals surface area contributed by atoms with Crippen LogP contribution in [-0.2, 0) is 9.59 Å². The van der Waals surface area contributed by atoms with Crippen molar-refractivity contribution in [2.75, 3.05) is 32.7 Å². The molecular formula is C20H33N3O2. The summed E-state index contributed by atoms with van der Waals surface area (Å²) < 4.78 is 0. The largest absolute Gasteiger partial charge is 0.351 e. The fourth-order valence-corrected chi connectivity index (χ4v) is 4.88. The first-order chi connectivity index (χ1) is 12.2. The summed E-state index contributed by atoms with van der Waals surface area (Å²) in [6, 6.07) is -0.0359. The summed E-state index contributed by atoms with van der Waals surface area (Å²) in [6.07, 6.45) is 11.0. The first kappa shape index (κ1) is 18.4. The Bertz CT molecular complexity index is 473. The van der Waals surface area contributed by atoms with Crippen LogP contribution in [0.1, 0.15) is 51.4 Å². The van der Waals surface area contributed by atoms with Crippen molar-refractivity contribution in [1.29, 1.82) is 0 Å². The smallest absolute Gasteiger partial charge is 0.237 e. The Kier molecular flexibility index (Phi) is 6.51. The summed E-state index contributed by atoms with van der Waals surface area (Å²) in [6.45, 7) is 7.41. The van der Waals surface area contributed by atoms with Gasteiger partial charge in [-0.05, 0) is 31.6 Å². The standard InChI is InChI=1S/C20H33N3O2/c1-2-11-21-19(24)18(16-7-3-4-8-16)22-12-14-23(15-13-22)20(25)17-9-5-6-10-17/h2,16-18H,1,3-15H2,(H,21,24)/t18-/m0/s1. The van der Waals surface area contributed by atoms with Gasteiger partial charge in [0.05, 0.1) is 6.04 Å². The molecule has 1 atom stereocenters. The number of carbonyl (C=O) groups excluding carboxylic acids is 2. The van der Waals surface area contributed by atoms with Crippen molar-refractivity contribution in [3.8, 4) is 0 Å². The Morgan fingerprint density at radius 3 is 2.20 bits per heavy atom. The second kappa shape index (κ2) is 8.84. The van der Waals surface area contributed by atoms with E-state index < -0.39 is 0 Å². The van der Waals surface area contributed by atoms with Crippen LogP contribution >= 0.6 is 0 Å². The third kappa shape index (κ3) is 4.43. The molecule has 5 nitrogen and oxygen atoms in total. The minimum absolute atomic E-state index is 0.0359. The SMILES string of the molecule is C=CCNC(=O)[C@H](C1CCCC1)N1CCN(C(=O)C2CCCC2)CC1. The Balaban J connectivity index is 1.58. The van der Waals surface area contributed by atoms with E-state index in [0.717, 1.165) is 51.9 Å². The maximum atomic E-state index is 12.7. The molecule has 3 rings (SSSR count). The molecule has 1 N–H and O–H groups in total. The minimum atomic E-state index is -0.0359. The van der Waals surface area contributed by atoms with E-state index in [4.69, 9.17) is 0 Å². The van der Waals surface area contributed by atoms with E-state index >= 15 is 0 Å². The summed E-state index contributed by atoms with van der Waals surface area (Å²) >= 11 is 0. The monoisotopic (exact) mass is 347 g/mol. The predicted molar refractivity (Wildman–Crippen MR) is 99.1 cm³/mol. The first-order valence-electron chi connectivity index (χ1n) is 10.1. The minimum Gasteiger partial charge on any atom is -0.351 e. The van der Waals surface area contributed by atoms with Crippen molar-refractivity contribution in [2.24, 2.45) is 11.8 Å². The molecule has 25 heavy (non-hydrogen) atoms. The van der Waals surface area contributed by atoms with Crippen LogP contribution in [0.2, 0.25) is 0 Å². The molecule has 1 saturated heterocycles. The molecule has 140 valence electrons. The van der Waals surface area contributed by atoms with Crippen LogP contribution in [0.5, 0.6) is 0 Å². The van der Waals surface area contributed by atoms with Crippen LogP contribution in [0.25, 0.3) is 0 Å². The van der Waals surface area contributed by atoms with Crippen LogP contribution in [-0.4, -0.2) is 60.4 Å². The van der Waals surface area contributed by atoms with Crippen molar-refractivity contribution in [3.05, 3.63) is 12.7 Å². The lowest BCUT2D eigenvalue weighted by atomic mass is 9.94. The fourth-order valence-electron chi connectivity index (χ4n) is 4.88. The number of carbonyl (C=O) groups is 2. The predicted octanol–water partition coefficient (Wildman–Crippen LogP) is 2.18. The molecular weight excluding hydrogens is 314 g/mol. The van der Waals surface area contributed by atoms with Crippen molar-refractivity contribution >= 4 is 11.8 Å². The van der Waals surface area contributed by atoms with E-state index in [2.05, 4.69) is 16.8 Å². The molecule has 2 amide bonds. The van der Waals surface area contributed by atoms with Gasteiger partial charge in [0.1, 0.15) is 0 Å². The van der Waals surface area contributed by atoms with Gasteiger partial charge >= 0.3 is 0 Å². The number of rotatable bonds is 6. The van der Waals surface area contributed by atoms with Crippen LogP contribution in [0.3, 0.4) is 0 Å². The molecule has 0 unspecified atom stereocenters. The highest BCUT2D eigenvalue weighted by atomic mass is 16.2. The van der Waals surface area contributed by atoms with Gasteiger partial charge in [-0.1, -0.05) is 31.8 Å². The average Bonchev–Trinajstić information content (AvgIpc) is 3.34. The lowest BCUT2D eigenvalue weighted by Gasteiger charge is -2.41. The maximum Gasteiger partial charge on any atom is 0.237 e. The lowest BCUT2D eigenvalue weighted by molar-refractivity contribution is -0.138. The van der Waals surface area contributed by atoms with E-state index in [1.807, 2.05) is 4.90 Å². The molecule has 3 fully saturated rings. The van der Waals surface area contributed by atoms with Crippen LogP contribution in [0.15, 0.2) is 12.7 Å². The Morgan fingerprint density at radius 2 is 1.60 bits per heavy atom. The van der Waals surface area contributed by atoms with Crippen LogP contribution < -0.4 is 5.32 Å². The molecule has 0 aromatic rings. The summed E-state index contributed by atoms with van der Waals surface area (Å²) in [4.78, 5) is 29.7. The van der Waals surface area contributed by atoms with Crippen molar-refractivity contribution in [2.45, 2.75) is 57.4 Å². The third-order valence-electron chi connectivity index (χ3n) is 6.26. The maximum absolute atomic E-state index is 12.7. The number of piperazine rings is 1. The Labute approximate surface area is 151 Å². The molecule has 5 heteroatoms. The zero-order valence-electron chi connectivity index (χ0n) is 15.4. The Morgan fingerprint density at radius 1 is 1.00 bits per heavy atom. The van der Waals surface area contributed by atoms with Gasteiger partial charge in [-0.15, -0.1) is 6.58 Å². The average molecular weight is 348 g/mol. The van der Waals surface area contributed by atoms with Gasteiger partial charge < -0.3 is 10.2 Å². The summed E-state index contributed by atoms with van der Waals surface area (Å²) in [5.74, 6) is 1.21. The normalized spacial score (nSPS) is 24.4. The van der Waals surface area contributed by atoms with E-state index in [9.17, 15) is 9.59 Å². The molecule has 2 saturated carbocycles. The highest BCUT2D eigenvalue weighted by Gasteiger charge is 2.38. The van der Waals surface area contributed by atoms with Gasteiger partial charge in [0.2, 0.25) is 11.8 Å². The van der Waals surface area contributed by atoms with E-state index in [0.29, 0.717) is 18.4 Å². The van der Waals surface area contributed by atoms with E-state index in [1.165, 1.54) is 25.7 Å². The number of nitrogens with one attached hydrogen (secondary N) is 1. The van der Waals surface area contributed by atoms with Crippen LogP contribution in [0, 0.1) is 11.8 Å². The molecule has 0 spiro atoms. The van der Waals surface area contributed by atoms with Crippen molar-refractivity contribution in [3.63, 3.8) is 0 Å². The van der Waals surface area contributed by atoms with Gasteiger partial charge in [0, 0.05) is 38.6 Å². The second-order valence-corrected chi connectivity index (χ2v) is 7.87. The molecule has 0 bridgehead atoms. The molecule has 3 aliphatic rings. The third-order valence-corrected chi connectivity index (χ3v) is 6.26. The van der Waals surface area contributed by atoms with Gasteiger partial charge in [-0.25, -0.2) is 0 Å². The van der Waals surface area contributed by atoms with Crippen molar-refractivity contribution < 1.29 is 9.59 Å². The van der Waals surface area contributed by atoms with Gasteiger partial charge in [0.15, 0.2) is 0 Å². The summed E-state index contributed by atoms with van der Waals surface area (Å²) in [7, 11) is 0. The van der Waals surface area contributed by atoms with Crippen molar-refractivity contribution in [1.82, 2.24) is 15.1 Å². The van der Waals surface area contributed by atoms with E-state index in [-0.39, 0.29) is 17.9 Å². The number of nitrogens with zero attached hydrogens (tertiary/aromatic N) is 2. The van der Waals surface area contributed by atoms with Gasteiger partial charge in [-0.3, -0.25) is 14.5 Å². The second-order valence-electron chi connectivity index (χ2n) is 7.87. The number of hydrogen-bond donors (Lipinski definition) is 1. The molecule has 0 aromatic carbocycles. The highest BCUT2D eigenvalue weighted by molar-refractivity contribution is 5.82. The number of amides is 2. The number of hydrogen-bond acceptors (Lipinski definition) is 3. The molecule has 1 aliphatic heterocycles. The van der Waals surface area contributed by atoms with Gasteiger partial charge in [0.25, 0.3) is 0 Å². The quantitative estimate of drug-likeness (QED) is 0.749. The topological polar surface area (TPSA) is 52.7 Å². The molecule has 1 heterocycles. The molecule has 2 aliphatic carbocycles. The fraction of sp³-hybridized carbons (Fsp3) is 0.800. The Hall–Kier alpha value is -1.36. The summed E-state index contributed by atoms with van der Waals surface area (Å²) in [5, 5.41) is 3.01. The van der Waals surface area contributed by atoms with Gasteiger partial charge in [-0.2, -0.15) is 0 Å². The zero-order chi connectivity index (χ0) is 17.6. The lowest BCUT2D eigenvalue weighted by Crippen LogP contribution is -2.58. The van der Waals surface area contributed by atoms with Crippen LogP contribution in [0.4, 0.5) is 0 Å². The first-order valence-corrected chi connectivity index (χ1v) is 10.1.